The van der Waals surface area contributed by atoms with Crippen molar-refractivity contribution in [1.82, 2.24) is 15.1 Å². The number of anilines is 1. The lowest BCUT2D eigenvalue weighted by atomic mass is 10.0. The molecular weight excluding hydrogens is 442 g/mol. The largest absolute Gasteiger partial charge is 0.496 e. The second-order valence-electron chi connectivity index (χ2n) is 9.88. The van der Waals surface area contributed by atoms with Crippen LogP contribution in [0.3, 0.4) is 0 Å². The minimum absolute atomic E-state index is 0.0320. The van der Waals surface area contributed by atoms with Gasteiger partial charge in [0.2, 0.25) is 0 Å². The highest BCUT2D eigenvalue weighted by atomic mass is 16.6. The zero-order chi connectivity index (χ0) is 25.2. The fourth-order valence-corrected chi connectivity index (χ4v) is 4.31. The van der Waals surface area contributed by atoms with Gasteiger partial charge in [-0.1, -0.05) is 17.7 Å². The van der Waals surface area contributed by atoms with Crippen LogP contribution >= 0.6 is 0 Å². The van der Waals surface area contributed by atoms with Gasteiger partial charge in [0.25, 0.3) is 0 Å². The van der Waals surface area contributed by atoms with Gasteiger partial charge in [0.15, 0.2) is 5.82 Å². The molecule has 1 amide bonds. The smallest absolute Gasteiger partial charge is 0.410 e. The first-order chi connectivity index (χ1) is 16.7. The zero-order valence-electron chi connectivity index (χ0n) is 20.9. The molecule has 8 heteroatoms. The maximum absolute atomic E-state index is 12.6. The molecule has 1 saturated heterocycles. The quantitative estimate of drug-likeness (QED) is 0.549. The molecule has 1 N–H and O–H groups in total. The summed E-state index contributed by atoms with van der Waals surface area (Å²) < 4.78 is 11.1. The molecule has 1 atom stereocenters. The summed E-state index contributed by atoms with van der Waals surface area (Å²) in [5.41, 5.74) is 2.55. The van der Waals surface area contributed by atoms with E-state index in [4.69, 9.17) is 9.47 Å². The second kappa shape index (κ2) is 9.79. The van der Waals surface area contributed by atoms with Crippen molar-refractivity contribution in [3.8, 4) is 23.1 Å². The first-order valence-corrected chi connectivity index (χ1v) is 11.8. The molecule has 0 spiro atoms. The Morgan fingerprint density at radius 2 is 1.97 bits per heavy atom. The van der Waals surface area contributed by atoms with Gasteiger partial charge in [0.1, 0.15) is 17.0 Å². The van der Waals surface area contributed by atoms with E-state index in [-0.39, 0.29) is 12.1 Å². The van der Waals surface area contributed by atoms with E-state index in [9.17, 15) is 10.1 Å². The topological polar surface area (TPSA) is 100 Å². The molecule has 1 aliphatic heterocycles. The highest BCUT2D eigenvalue weighted by molar-refractivity contribution is 6.01. The molecule has 0 bridgehead atoms. The van der Waals surface area contributed by atoms with Crippen molar-refractivity contribution >= 4 is 22.7 Å². The van der Waals surface area contributed by atoms with Crippen molar-refractivity contribution in [2.24, 2.45) is 0 Å². The Morgan fingerprint density at radius 1 is 1.17 bits per heavy atom. The Kier molecular flexibility index (Phi) is 6.79. The number of rotatable bonds is 4. The lowest BCUT2D eigenvalue weighted by Gasteiger charge is -2.34. The van der Waals surface area contributed by atoms with Gasteiger partial charge in [-0.15, -0.1) is 10.2 Å². The molecule has 0 radical (unpaired) electrons. The lowest BCUT2D eigenvalue weighted by molar-refractivity contribution is 0.0206. The molecule has 1 aromatic heterocycles. The maximum atomic E-state index is 12.6. The van der Waals surface area contributed by atoms with Crippen LogP contribution in [0.2, 0.25) is 0 Å². The SMILES string of the molecule is COc1cc(C#N)ccc1-c1nnc(N[C@@H]2CCCN(C(=O)OC(C)(C)C)C2)c2cc(C)ccc12. The molecule has 8 nitrogen and oxygen atoms in total. The second-order valence-corrected chi connectivity index (χ2v) is 9.88. The summed E-state index contributed by atoms with van der Waals surface area (Å²) in [6, 6.07) is 13.6. The molecule has 2 aromatic carbocycles. The van der Waals surface area contributed by atoms with Gasteiger partial charge < -0.3 is 19.7 Å². The number of aryl methyl sites for hydroxylation is 1. The number of nitriles is 1. The molecule has 3 aromatic rings. The summed E-state index contributed by atoms with van der Waals surface area (Å²) in [7, 11) is 1.58. The first kappa shape index (κ1) is 24.3. The van der Waals surface area contributed by atoms with Gasteiger partial charge in [0.05, 0.1) is 18.7 Å². The number of piperidine rings is 1. The summed E-state index contributed by atoms with van der Waals surface area (Å²) in [6.07, 6.45) is 1.50. The van der Waals surface area contributed by atoms with Crippen LogP contribution in [0.25, 0.3) is 22.0 Å². The Balaban J connectivity index is 1.66. The molecule has 182 valence electrons. The molecule has 1 aliphatic rings. The number of likely N-dealkylation sites (tertiary alicyclic amines) is 1. The monoisotopic (exact) mass is 473 g/mol. The minimum Gasteiger partial charge on any atom is -0.496 e. The van der Waals surface area contributed by atoms with E-state index >= 15 is 0 Å². The van der Waals surface area contributed by atoms with Crippen LogP contribution in [0.15, 0.2) is 36.4 Å². The fraction of sp³-hybridized carbons (Fsp3) is 0.407. The predicted octanol–water partition coefficient (Wildman–Crippen LogP) is 5.30. The number of amides is 1. The molecule has 35 heavy (non-hydrogen) atoms. The maximum Gasteiger partial charge on any atom is 0.410 e. The third-order valence-electron chi connectivity index (χ3n) is 5.93. The van der Waals surface area contributed by atoms with Crippen molar-refractivity contribution in [2.45, 2.75) is 52.2 Å². The molecule has 2 heterocycles. The van der Waals surface area contributed by atoms with Crippen LogP contribution in [0.4, 0.5) is 10.6 Å². The van der Waals surface area contributed by atoms with Gasteiger partial charge >= 0.3 is 6.09 Å². The van der Waals surface area contributed by atoms with E-state index in [1.54, 1.807) is 24.1 Å². The summed E-state index contributed by atoms with van der Waals surface area (Å²) in [4.78, 5) is 14.3. The van der Waals surface area contributed by atoms with Gasteiger partial charge in [-0.25, -0.2) is 4.79 Å². The summed E-state index contributed by atoms with van der Waals surface area (Å²) in [5.74, 6) is 1.25. The van der Waals surface area contributed by atoms with Crippen molar-refractivity contribution in [2.75, 3.05) is 25.5 Å². The number of fused-ring (bicyclic) bond motifs is 1. The van der Waals surface area contributed by atoms with E-state index in [0.29, 0.717) is 35.9 Å². The van der Waals surface area contributed by atoms with Crippen molar-refractivity contribution in [3.05, 3.63) is 47.5 Å². The number of methoxy groups -OCH3 is 1. The fourth-order valence-electron chi connectivity index (χ4n) is 4.31. The number of hydrogen-bond acceptors (Lipinski definition) is 7. The highest BCUT2D eigenvalue weighted by Crippen LogP contribution is 2.36. The average Bonchev–Trinajstić information content (AvgIpc) is 2.83. The van der Waals surface area contributed by atoms with Crippen LogP contribution in [-0.2, 0) is 4.74 Å². The Morgan fingerprint density at radius 3 is 2.69 bits per heavy atom. The van der Waals surface area contributed by atoms with E-state index in [2.05, 4.69) is 27.6 Å². The molecule has 1 fully saturated rings. The number of carbonyl (C=O) groups is 1. The van der Waals surface area contributed by atoms with Crippen LogP contribution in [0.5, 0.6) is 5.75 Å². The Hall–Kier alpha value is -3.86. The average molecular weight is 474 g/mol. The third kappa shape index (κ3) is 5.46. The summed E-state index contributed by atoms with van der Waals surface area (Å²) in [5, 5.41) is 23.7. The van der Waals surface area contributed by atoms with Crippen molar-refractivity contribution in [1.29, 1.82) is 5.26 Å². The summed E-state index contributed by atoms with van der Waals surface area (Å²) in [6.45, 7) is 8.87. The normalized spacial score (nSPS) is 16.0. The number of nitrogens with zero attached hydrogens (tertiary/aromatic N) is 4. The van der Waals surface area contributed by atoms with E-state index < -0.39 is 5.60 Å². The third-order valence-corrected chi connectivity index (χ3v) is 5.93. The van der Waals surface area contributed by atoms with Gasteiger partial charge in [-0.2, -0.15) is 5.26 Å². The lowest BCUT2D eigenvalue weighted by Crippen LogP contribution is -2.47. The summed E-state index contributed by atoms with van der Waals surface area (Å²) >= 11 is 0. The van der Waals surface area contributed by atoms with Crippen LogP contribution in [0.1, 0.15) is 44.7 Å². The highest BCUT2D eigenvalue weighted by Gasteiger charge is 2.28. The number of nitrogens with one attached hydrogen (secondary N) is 1. The first-order valence-electron chi connectivity index (χ1n) is 11.8. The van der Waals surface area contributed by atoms with Gasteiger partial charge in [-0.3, -0.25) is 0 Å². The molecule has 0 aliphatic carbocycles. The minimum atomic E-state index is -0.529. The van der Waals surface area contributed by atoms with Crippen LogP contribution < -0.4 is 10.1 Å². The Labute approximate surface area is 205 Å². The number of carbonyl (C=O) groups excluding carboxylic acids is 1. The number of ether oxygens (including phenoxy) is 2. The number of aromatic nitrogens is 2. The molecule has 0 unspecified atom stereocenters. The predicted molar refractivity (Wildman–Crippen MR) is 135 cm³/mol. The van der Waals surface area contributed by atoms with Gasteiger partial charge in [0, 0.05) is 35.5 Å². The number of benzene rings is 2. The molecule has 4 rings (SSSR count). The van der Waals surface area contributed by atoms with E-state index in [0.717, 1.165) is 34.7 Å². The molecular formula is C27H31N5O3. The molecule has 0 saturated carbocycles. The van der Waals surface area contributed by atoms with Crippen molar-refractivity contribution < 1.29 is 14.3 Å². The standard InChI is InChI=1S/C27H31N5O3/c1-17-8-10-20-22(13-17)25(29-19-7-6-12-32(16-19)26(33)35-27(2,3)4)31-30-24(20)21-11-9-18(15-28)14-23(21)34-5/h8-11,13-14,19H,6-7,12,16H2,1-5H3,(H,29,31)/t19-/m1/s1. The van der Waals surface area contributed by atoms with Crippen LogP contribution in [0, 0.1) is 18.3 Å². The van der Waals surface area contributed by atoms with Gasteiger partial charge in [-0.05, 0) is 64.8 Å². The van der Waals surface area contributed by atoms with Crippen molar-refractivity contribution in [3.63, 3.8) is 0 Å². The van der Waals surface area contributed by atoms with Crippen LogP contribution in [-0.4, -0.2) is 53.0 Å². The van der Waals surface area contributed by atoms with E-state index in [1.807, 2.05) is 45.9 Å². The zero-order valence-corrected chi connectivity index (χ0v) is 20.9. The Bertz CT molecular complexity index is 1290. The van der Waals surface area contributed by atoms with E-state index in [1.165, 1.54) is 0 Å². The number of hydrogen-bond donors (Lipinski definition) is 1.